The fraction of sp³-hybridized carbons (Fsp3) is 0.304. The highest BCUT2D eigenvalue weighted by Gasteiger charge is 2.38. The highest BCUT2D eigenvalue weighted by atomic mass is 19.4. The second kappa shape index (κ2) is 7.44. The van der Waals surface area contributed by atoms with Crippen molar-refractivity contribution in [1.82, 2.24) is 19.4 Å². The molecule has 0 bridgehead atoms. The molecule has 1 N–H and O–H groups in total. The molecule has 2 aromatic carbocycles. The molecule has 0 atom stereocenters. The van der Waals surface area contributed by atoms with E-state index in [0.29, 0.717) is 42.7 Å². The third-order valence-corrected chi connectivity index (χ3v) is 6.01. The molecule has 0 radical (unpaired) electrons. The molecule has 1 saturated heterocycles. The summed E-state index contributed by atoms with van der Waals surface area (Å²) < 4.78 is 41.9. The van der Waals surface area contributed by atoms with E-state index >= 15 is 0 Å². The second-order valence-electron chi connectivity index (χ2n) is 8.04. The van der Waals surface area contributed by atoms with Crippen molar-refractivity contribution in [2.45, 2.75) is 25.6 Å². The first-order valence-corrected chi connectivity index (χ1v) is 10.3. The van der Waals surface area contributed by atoms with Crippen LogP contribution in [-0.2, 0) is 12.7 Å². The van der Waals surface area contributed by atoms with Crippen molar-refractivity contribution >= 4 is 27.8 Å². The number of hydrogen-bond donors (Lipinski definition) is 1. The van der Waals surface area contributed by atoms with Crippen LogP contribution in [0.1, 0.15) is 29.2 Å². The van der Waals surface area contributed by atoms with Crippen molar-refractivity contribution in [3.8, 4) is 0 Å². The number of aromatic amines is 1. The quantitative estimate of drug-likeness (QED) is 0.496. The van der Waals surface area contributed by atoms with Crippen LogP contribution in [0.25, 0.3) is 21.9 Å². The van der Waals surface area contributed by atoms with Gasteiger partial charge in [-0.25, -0.2) is 4.98 Å². The number of hydrogen-bond acceptors (Lipinski definition) is 2. The Morgan fingerprint density at radius 3 is 2.52 bits per heavy atom. The molecule has 160 valence electrons. The third kappa shape index (κ3) is 3.66. The maximum absolute atomic E-state index is 13.5. The van der Waals surface area contributed by atoms with Gasteiger partial charge in [0.2, 0.25) is 5.82 Å². The number of carbonyl (C=O) groups is 1. The van der Waals surface area contributed by atoms with Gasteiger partial charge in [0, 0.05) is 30.5 Å². The molecule has 5 rings (SSSR count). The van der Waals surface area contributed by atoms with Crippen molar-refractivity contribution in [3.63, 3.8) is 0 Å². The first-order chi connectivity index (χ1) is 14.9. The highest BCUT2D eigenvalue weighted by molar-refractivity contribution is 5.98. The maximum Gasteiger partial charge on any atom is 0.449 e. The van der Waals surface area contributed by atoms with Crippen molar-refractivity contribution < 1.29 is 18.0 Å². The molecule has 0 unspecified atom stereocenters. The molecule has 1 aliphatic heterocycles. The second-order valence-corrected chi connectivity index (χ2v) is 8.04. The lowest BCUT2D eigenvalue weighted by Crippen LogP contribution is -2.39. The summed E-state index contributed by atoms with van der Waals surface area (Å²) in [4.78, 5) is 21.6. The lowest BCUT2D eigenvalue weighted by atomic mass is 9.96. The lowest BCUT2D eigenvalue weighted by Gasteiger charge is -2.32. The molecule has 2 aromatic heterocycles. The molecule has 0 aliphatic carbocycles. The number of carbonyl (C=O) groups excluding carboxylic acids is 1. The van der Waals surface area contributed by atoms with Crippen LogP contribution in [0.15, 0.2) is 54.6 Å². The number of para-hydroxylation sites is 3. The number of alkyl halides is 3. The van der Waals surface area contributed by atoms with Crippen LogP contribution >= 0.6 is 0 Å². The smallest absolute Gasteiger partial charge is 0.351 e. The van der Waals surface area contributed by atoms with E-state index in [9.17, 15) is 18.0 Å². The first kappa shape index (κ1) is 19.7. The SMILES string of the molecule is O=C(c1cc2ccccc2[nH]1)N1CCC(Cn2c(C(F)(F)F)nc3ccccc32)CC1. The Morgan fingerprint density at radius 2 is 1.77 bits per heavy atom. The number of fused-ring (bicyclic) bond motifs is 2. The number of likely N-dealkylation sites (tertiary alicyclic amines) is 1. The van der Waals surface area contributed by atoms with Crippen molar-refractivity contribution in [2.75, 3.05) is 13.1 Å². The molecule has 1 aliphatic rings. The number of H-pyrrole nitrogens is 1. The molecule has 1 fully saturated rings. The fourth-order valence-electron chi connectivity index (χ4n) is 4.41. The number of benzene rings is 2. The highest BCUT2D eigenvalue weighted by Crippen LogP contribution is 2.33. The van der Waals surface area contributed by atoms with Crippen molar-refractivity contribution in [1.29, 1.82) is 0 Å². The van der Waals surface area contributed by atoms with Crippen LogP contribution in [0.3, 0.4) is 0 Å². The maximum atomic E-state index is 13.5. The number of nitrogens with zero attached hydrogens (tertiary/aromatic N) is 3. The van der Waals surface area contributed by atoms with E-state index in [0.717, 1.165) is 10.9 Å². The molecule has 4 aromatic rings. The molecule has 1 amide bonds. The number of piperidine rings is 1. The predicted octanol–water partition coefficient (Wildman–Crippen LogP) is 5.09. The minimum Gasteiger partial charge on any atom is -0.351 e. The van der Waals surface area contributed by atoms with E-state index in [1.54, 1.807) is 29.2 Å². The summed E-state index contributed by atoms with van der Waals surface area (Å²) in [7, 11) is 0. The molecule has 31 heavy (non-hydrogen) atoms. The predicted molar refractivity (Wildman–Crippen MR) is 112 cm³/mol. The summed E-state index contributed by atoms with van der Waals surface area (Å²) in [6.07, 6.45) is -3.21. The monoisotopic (exact) mass is 426 g/mol. The molecular weight excluding hydrogens is 405 g/mol. The number of halogens is 3. The van der Waals surface area contributed by atoms with Gasteiger partial charge in [0.15, 0.2) is 0 Å². The average molecular weight is 426 g/mol. The van der Waals surface area contributed by atoms with Crippen LogP contribution in [0.5, 0.6) is 0 Å². The summed E-state index contributed by atoms with van der Waals surface area (Å²) >= 11 is 0. The summed E-state index contributed by atoms with van der Waals surface area (Å²) in [5, 5.41) is 0.979. The van der Waals surface area contributed by atoms with Crippen molar-refractivity contribution in [2.24, 2.45) is 5.92 Å². The zero-order valence-corrected chi connectivity index (χ0v) is 16.7. The lowest BCUT2D eigenvalue weighted by molar-refractivity contribution is -0.147. The third-order valence-electron chi connectivity index (χ3n) is 6.01. The van der Waals surface area contributed by atoms with Gasteiger partial charge in [-0.3, -0.25) is 4.79 Å². The van der Waals surface area contributed by atoms with Gasteiger partial charge in [-0.2, -0.15) is 13.2 Å². The van der Waals surface area contributed by atoms with Gasteiger partial charge in [0.25, 0.3) is 5.91 Å². The Bertz CT molecular complexity index is 1220. The Hall–Kier alpha value is -3.29. The first-order valence-electron chi connectivity index (χ1n) is 10.3. The molecule has 5 nitrogen and oxygen atoms in total. The van der Waals surface area contributed by atoms with E-state index in [1.165, 1.54) is 4.57 Å². The summed E-state index contributed by atoms with van der Waals surface area (Å²) in [5.74, 6) is -0.880. The van der Waals surface area contributed by atoms with Gasteiger partial charge in [-0.1, -0.05) is 30.3 Å². The van der Waals surface area contributed by atoms with Gasteiger partial charge in [-0.05, 0) is 43.0 Å². The number of rotatable bonds is 3. The van der Waals surface area contributed by atoms with Crippen LogP contribution in [0, 0.1) is 5.92 Å². The van der Waals surface area contributed by atoms with Gasteiger partial charge in [0.1, 0.15) is 5.69 Å². The van der Waals surface area contributed by atoms with Gasteiger partial charge in [-0.15, -0.1) is 0 Å². The zero-order valence-electron chi connectivity index (χ0n) is 16.7. The fourth-order valence-corrected chi connectivity index (χ4v) is 4.41. The molecular formula is C23H21F3N4O. The van der Waals surface area contributed by atoms with Gasteiger partial charge in [0.05, 0.1) is 11.0 Å². The van der Waals surface area contributed by atoms with E-state index in [-0.39, 0.29) is 18.4 Å². The Morgan fingerprint density at radius 1 is 1.06 bits per heavy atom. The van der Waals surface area contributed by atoms with E-state index in [4.69, 9.17) is 0 Å². The van der Waals surface area contributed by atoms with Crippen LogP contribution in [0.4, 0.5) is 13.2 Å². The molecule has 8 heteroatoms. The normalized spacial score (nSPS) is 15.8. The number of amides is 1. The van der Waals surface area contributed by atoms with E-state index in [1.807, 2.05) is 30.3 Å². The average Bonchev–Trinajstić information content (AvgIpc) is 3.36. The van der Waals surface area contributed by atoms with Crippen LogP contribution < -0.4 is 0 Å². The number of imidazole rings is 1. The minimum absolute atomic E-state index is 0.0467. The largest absolute Gasteiger partial charge is 0.449 e. The van der Waals surface area contributed by atoms with E-state index in [2.05, 4.69) is 9.97 Å². The summed E-state index contributed by atoms with van der Waals surface area (Å²) in [6, 6.07) is 16.2. The topological polar surface area (TPSA) is 53.9 Å². The Kier molecular flexibility index (Phi) is 4.72. The Balaban J connectivity index is 1.31. The standard InChI is InChI=1S/C23H21F3N4O/c24-23(25,26)22-28-18-7-3-4-8-20(18)30(22)14-15-9-11-29(12-10-15)21(31)19-13-16-5-1-2-6-17(16)27-19/h1-8,13,15,27H,9-12,14H2. The minimum atomic E-state index is -4.51. The zero-order chi connectivity index (χ0) is 21.6. The van der Waals surface area contributed by atoms with Crippen LogP contribution in [-0.4, -0.2) is 38.4 Å². The Labute approximate surface area is 176 Å². The van der Waals surface area contributed by atoms with Gasteiger partial charge < -0.3 is 14.5 Å². The molecule has 0 saturated carbocycles. The van der Waals surface area contributed by atoms with Crippen LogP contribution in [0.2, 0.25) is 0 Å². The number of nitrogens with one attached hydrogen (secondary N) is 1. The van der Waals surface area contributed by atoms with Crippen molar-refractivity contribution in [3.05, 3.63) is 66.1 Å². The summed E-state index contributed by atoms with van der Waals surface area (Å²) in [6.45, 7) is 1.28. The molecule has 3 heterocycles. The van der Waals surface area contributed by atoms with Gasteiger partial charge >= 0.3 is 6.18 Å². The molecule has 0 spiro atoms. The number of aromatic nitrogens is 3. The summed E-state index contributed by atoms with van der Waals surface area (Å²) in [5.41, 5.74) is 2.29. The van der Waals surface area contributed by atoms with E-state index < -0.39 is 12.0 Å².